The average molecular weight is 228 g/mol. The van der Waals surface area contributed by atoms with Crippen molar-refractivity contribution < 1.29 is 5.11 Å². The Balaban J connectivity index is 2.03. The van der Waals surface area contributed by atoms with Gasteiger partial charge in [0.05, 0.1) is 5.60 Å². The van der Waals surface area contributed by atoms with Crippen LogP contribution in [0, 0.1) is 11.8 Å². The maximum atomic E-state index is 10.3. The molecule has 0 aromatic heterocycles. The van der Waals surface area contributed by atoms with Crippen molar-refractivity contribution in [2.75, 3.05) is 0 Å². The van der Waals surface area contributed by atoms with E-state index in [1.54, 1.807) is 0 Å². The maximum Gasteiger partial charge on any atom is 0.0626 e. The molecule has 1 aromatic rings. The third-order valence-corrected chi connectivity index (χ3v) is 4.64. The van der Waals surface area contributed by atoms with Crippen LogP contribution in [0.5, 0.6) is 0 Å². The van der Waals surface area contributed by atoms with Gasteiger partial charge in [-0.05, 0) is 55.6 Å². The quantitative estimate of drug-likeness (QED) is 0.731. The monoisotopic (exact) mass is 228 g/mol. The Bertz CT molecular complexity index is 467. The van der Waals surface area contributed by atoms with Crippen LogP contribution in [0.2, 0.25) is 0 Å². The molecule has 0 amide bonds. The maximum absolute atomic E-state index is 10.3. The highest BCUT2D eigenvalue weighted by atomic mass is 16.3. The van der Waals surface area contributed by atoms with Gasteiger partial charge in [0.2, 0.25) is 0 Å². The molecule has 0 bridgehead atoms. The van der Waals surface area contributed by atoms with Gasteiger partial charge in [-0.25, -0.2) is 0 Å². The zero-order valence-corrected chi connectivity index (χ0v) is 10.6. The normalized spacial score (nSPS) is 31.5. The lowest BCUT2D eigenvalue weighted by atomic mass is 9.52. The molecule has 0 saturated heterocycles. The number of hydrogen-bond acceptors (Lipinski definition) is 1. The van der Waals surface area contributed by atoms with Crippen LogP contribution in [0.25, 0.3) is 0 Å². The van der Waals surface area contributed by atoms with Gasteiger partial charge in [0.15, 0.2) is 0 Å². The van der Waals surface area contributed by atoms with Crippen molar-refractivity contribution in [2.45, 2.75) is 38.2 Å². The fourth-order valence-electron chi connectivity index (χ4n) is 3.63. The predicted molar refractivity (Wildman–Crippen MR) is 69.9 cm³/mol. The first-order chi connectivity index (χ1) is 7.98. The second-order valence-electron chi connectivity index (χ2n) is 6.16. The van der Waals surface area contributed by atoms with E-state index in [2.05, 4.69) is 30.8 Å². The van der Waals surface area contributed by atoms with Crippen molar-refractivity contribution in [2.24, 2.45) is 11.8 Å². The fourth-order valence-corrected chi connectivity index (χ4v) is 3.63. The molecule has 0 radical (unpaired) electrons. The van der Waals surface area contributed by atoms with Gasteiger partial charge in [-0.3, -0.25) is 0 Å². The van der Waals surface area contributed by atoms with Crippen molar-refractivity contribution in [3.63, 3.8) is 0 Å². The van der Waals surface area contributed by atoms with E-state index in [4.69, 9.17) is 0 Å². The van der Waals surface area contributed by atoms with E-state index in [1.807, 2.05) is 13.8 Å². The Morgan fingerprint density at radius 3 is 2.71 bits per heavy atom. The van der Waals surface area contributed by atoms with Crippen LogP contribution in [0.4, 0.5) is 0 Å². The molecule has 0 aliphatic heterocycles. The van der Waals surface area contributed by atoms with E-state index < -0.39 is 5.60 Å². The minimum absolute atomic E-state index is 0.380. The second kappa shape index (κ2) is 3.46. The molecule has 17 heavy (non-hydrogen) atoms. The first kappa shape index (κ1) is 11.0. The third kappa shape index (κ3) is 1.56. The Morgan fingerprint density at radius 1 is 1.29 bits per heavy atom. The summed E-state index contributed by atoms with van der Waals surface area (Å²) in [6.45, 7) is 8.11. The summed E-state index contributed by atoms with van der Waals surface area (Å²) in [6.07, 6.45) is 2.12. The lowest BCUT2D eigenvalue weighted by Crippen LogP contribution is -2.49. The van der Waals surface area contributed by atoms with Crippen molar-refractivity contribution in [1.29, 1.82) is 0 Å². The van der Waals surface area contributed by atoms with Crippen molar-refractivity contribution >= 4 is 0 Å². The summed E-state index contributed by atoms with van der Waals surface area (Å²) in [4.78, 5) is 0. The molecule has 0 spiro atoms. The Kier molecular flexibility index (Phi) is 2.24. The number of fused-ring (bicyclic) bond motifs is 3. The molecule has 1 nitrogen and oxygen atoms in total. The first-order valence-corrected chi connectivity index (χ1v) is 6.46. The Hall–Kier alpha value is -1.08. The molecule has 1 fully saturated rings. The third-order valence-electron chi connectivity index (χ3n) is 4.64. The number of benzene rings is 1. The van der Waals surface area contributed by atoms with E-state index in [-0.39, 0.29) is 0 Å². The standard InChI is InChI=1S/C16H20O/c1-10-8-11-6-4-5-7-12(11)15-13(10)9-14(15)16(2,3)17/h4-7,13-15,17H,1,8-9H2,2-3H3/t13-,14+,15+/m1/s1. The van der Waals surface area contributed by atoms with E-state index in [9.17, 15) is 5.11 Å². The molecule has 1 N–H and O–H groups in total. The molecule has 3 atom stereocenters. The summed E-state index contributed by atoms with van der Waals surface area (Å²) in [5.41, 5.74) is 3.64. The summed E-state index contributed by atoms with van der Waals surface area (Å²) in [6, 6.07) is 8.65. The highest BCUT2D eigenvalue weighted by Crippen LogP contribution is 2.58. The predicted octanol–water partition coefficient (Wildman–Crippen LogP) is 3.29. The summed E-state index contributed by atoms with van der Waals surface area (Å²) in [7, 11) is 0. The summed E-state index contributed by atoms with van der Waals surface area (Å²) >= 11 is 0. The molecular formula is C16H20O. The van der Waals surface area contributed by atoms with Crippen molar-refractivity contribution in [3.05, 3.63) is 47.5 Å². The minimum Gasteiger partial charge on any atom is -0.390 e. The van der Waals surface area contributed by atoms with Crippen LogP contribution in [0.15, 0.2) is 36.4 Å². The molecule has 0 unspecified atom stereocenters. The molecule has 1 saturated carbocycles. The molecule has 90 valence electrons. The lowest BCUT2D eigenvalue weighted by Gasteiger charge is -2.54. The zero-order valence-electron chi connectivity index (χ0n) is 10.6. The van der Waals surface area contributed by atoms with Crippen molar-refractivity contribution in [3.8, 4) is 0 Å². The van der Waals surface area contributed by atoms with Gasteiger partial charge in [-0.1, -0.05) is 36.4 Å². The van der Waals surface area contributed by atoms with E-state index in [0.717, 1.165) is 12.8 Å². The number of rotatable bonds is 1. The smallest absolute Gasteiger partial charge is 0.0626 e. The van der Waals surface area contributed by atoms with Crippen molar-refractivity contribution in [1.82, 2.24) is 0 Å². The highest BCUT2D eigenvalue weighted by molar-refractivity contribution is 5.43. The molecular weight excluding hydrogens is 208 g/mol. The van der Waals surface area contributed by atoms with Crippen LogP contribution in [0.3, 0.4) is 0 Å². The van der Waals surface area contributed by atoms with Gasteiger partial charge in [0.1, 0.15) is 0 Å². The van der Waals surface area contributed by atoms with E-state index in [0.29, 0.717) is 17.8 Å². The molecule has 0 heterocycles. The Labute approximate surface area is 103 Å². The zero-order chi connectivity index (χ0) is 12.2. The number of allylic oxidation sites excluding steroid dienone is 1. The van der Waals surface area contributed by atoms with Gasteiger partial charge in [-0.15, -0.1) is 0 Å². The first-order valence-electron chi connectivity index (χ1n) is 6.46. The topological polar surface area (TPSA) is 20.2 Å². The SMILES string of the molecule is C=C1Cc2ccccc2[C@H]2[C@@H]1C[C@@H]2C(C)(C)O. The highest BCUT2D eigenvalue weighted by Gasteiger charge is 2.51. The van der Waals surface area contributed by atoms with Crippen LogP contribution < -0.4 is 0 Å². The molecule has 2 aliphatic rings. The molecule has 1 aromatic carbocycles. The minimum atomic E-state index is -0.577. The summed E-state index contributed by atoms with van der Waals surface area (Å²) < 4.78 is 0. The van der Waals surface area contributed by atoms with Crippen LogP contribution in [0.1, 0.15) is 37.3 Å². The van der Waals surface area contributed by atoms with Crippen LogP contribution in [-0.4, -0.2) is 10.7 Å². The Morgan fingerprint density at radius 2 is 2.00 bits per heavy atom. The number of aliphatic hydroxyl groups is 1. The fraction of sp³-hybridized carbons (Fsp3) is 0.500. The molecule has 2 aliphatic carbocycles. The summed E-state index contributed by atoms with van der Waals surface area (Å²) in [5, 5.41) is 10.3. The van der Waals surface area contributed by atoms with Gasteiger partial charge in [-0.2, -0.15) is 0 Å². The number of hydrogen-bond donors (Lipinski definition) is 1. The lowest BCUT2D eigenvalue weighted by molar-refractivity contribution is -0.0549. The molecule has 3 rings (SSSR count). The van der Waals surface area contributed by atoms with Gasteiger partial charge >= 0.3 is 0 Å². The van der Waals surface area contributed by atoms with Crippen LogP contribution in [-0.2, 0) is 6.42 Å². The van der Waals surface area contributed by atoms with E-state index in [1.165, 1.54) is 16.7 Å². The van der Waals surface area contributed by atoms with Gasteiger partial charge in [0.25, 0.3) is 0 Å². The van der Waals surface area contributed by atoms with E-state index >= 15 is 0 Å². The molecule has 1 heteroatoms. The van der Waals surface area contributed by atoms with Gasteiger partial charge < -0.3 is 5.11 Å². The summed E-state index contributed by atoms with van der Waals surface area (Å²) in [5.74, 6) is 1.47. The van der Waals surface area contributed by atoms with Crippen LogP contribution >= 0.6 is 0 Å². The van der Waals surface area contributed by atoms with Gasteiger partial charge in [0, 0.05) is 0 Å². The average Bonchev–Trinajstić information content (AvgIpc) is 2.15. The second-order valence-corrected chi connectivity index (χ2v) is 6.16. The largest absolute Gasteiger partial charge is 0.390 e.